The predicted octanol–water partition coefficient (Wildman–Crippen LogP) is 5.11. The zero-order chi connectivity index (χ0) is 18.0. The van der Waals surface area contributed by atoms with Crippen LogP contribution in [0.3, 0.4) is 0 Å². The fourth-order valence-electron chi connectivity index (χ4n) is 2.76. The monoisotopic (exact) mass is 347 g/mol. The number of aryl methyl sites for hydroxylation is 1. The van der Waals surface area contributed by atoms with Gasteiger partial charge in [0.05, 0.1) is 0 Å². The molecule has 0 saturated carbocycles. The molecule has 0 bridgehead atoms. The molecule has 0 spiro atoms. The van der Waals surface area contributed by atoms with Crippen LogP contribution >= 0.6 is 0 Å². The van der Waals surface area contributed by atoms with Crippen LogP contribution in [-0.4, -0.2) is 19.8 Å². The number of hydrogen-bond acceptors (Lipinski definition) is 3. The lowest BCUT2D eigenvalue weighted by Crippen LogP contribution is -2.09. The van der Waals surface area contributed by atoms with Gasteiger partial charge in [-0.25, -0.2) is 0 Å². The minimum atomic E-state index is 0.515. The van der Waals surface area contributed by atoms with E-state index < -0.39 is 0 Å². The Balaban J connectivity index is 1.42. The van der Waals surface area contributed by atoms with E-state index in [4.69, 9.17) is 9.47 Å². The van der Waals surface area contributed by atoms with Crippen molar-refractivity contribution in [3.05, 3.63) is 90.0 Å². The lowest BCUT2D eigenvalue weighted by atomic mass is 10.1. The van der Waals surface area contributed by atoms with Crippen LogP contribution in [-0.2, 0) is 6.42 Å². The van der Waals surface area contributed by atoms with Gasteiger partial charge in [0.25, 0.3) is 0 Å². The first-order valence-electron chi connectivity index (χ1n) is 9.00. The number of benzene rings is 3. The molecule has 0 aliphatic carbocycles. The van der Waals surface area contributed by atoms with Crippen molar-refractivity contribution in [1.29, 1.82) is 0 Å². The van der Waals surface area contributed by atoms with Crippen LogP contribution in [0.25, 0.3) is 0 Å². The van der Waals surface area contributed by atoms with Crippen molar-refractivity contribution in [3.63, 3.8) is 0 Å². The van der Waals surface area contributed by atoms with Gasteiger partial charge in [0.1, 0.15) is 24.7 Å². The first-order valence-corrected chi connectivity index (χ1v) is 9.00. The quantitative estimate of drug-likeness (QED) is 0.546. The highest BCUT2D eigenvalue weighted by Gasteiger charge is 2.00. The van der Waals surface area contributed by atoms with E-state index in [0.717, 1.165) is 30.2 Å². The summed E-state index contributed by atoms with van der Waals surface area (Å²) in [5.41, 5.74) is 3.79. The highest BCUT2D eigenvalue weighted by Crippen LogP contribution is 2.18. The third-order valence-corrected chi connectivity index (χ3v) is 4.18. The Hall–Kier alpha value is -2.94. The molecule has 0 atom stereocenters. The van der Waals surface area contributed by atoms with Crippen molar-refractivity contribution in [2.24, 2.45) is 0 Å². The SMILES string of the molecule is Cc1ccccc1CCNc1cccc(OCCOc2ccccc2)c1. The van der Waals surface area contributed by atoms with Crippen molar-refractivity contribution >= 4 is 5.69 Å². The molecule has 3 heteroatoms. The van der Waals surface area contributed by atoms with Gasteiger partial charge in [0.2, 0.25) is 0 Å². The van der Waals surface area contributed by atoms with Crippen molar-refractivity contribution in [2.45, 2.75) is 13.3 Å². The standard InChI is InChI=1S/C23H25NO2/c1-19-8-5-6-9-20(19)14-15-24-21-10-7-13-23(18-21)26-17-16-25-22-11-3-2-4-12-22/h2-13,18,24H,14-17H2,1H3. The lowest BCUT2D eigenvalue weighted by molar-refractivity contribution is 0.217. The average Bonchev–Trinajstić information content (AvgIpc) is 2.68. The molecule has 0 radical (unpaired) electrons. The van der Waals surface area contributed by atoms with E-state index in [9.17, 15) is 0 Å². The lowest BCUT2D eigenvalue weighted by Gasteiger charge is -2.11. The van der Waals surface area contributed by atoms with Gasteiger partial charge in [-0.15, -0.1) is 0 Å². The zero-order valence-corrected chi connectivity index (χ0v) is 15.2. The second kappa shape index (κ2) is 9.52. The normalized spacial score (nSPS) is 10.3. The van der Waals surface area contributed by atoms with Crippen molar-refractivity contribution < 1.29 is 9.47 Å². The van der Waals surface area contributed by atoms with Crippen molar-refractivity contribution in [2.75, 3.05) is 25.1 Å². The third-order valence-electron chi connectivity index (χ3n) is 4.18. The summed E-state index contributed by atoms with van der Waals surface area (Å²) < 4.78 is 11.4. The molecule has 0 aliphatic heterocycles. The Kier molecular flexibility index (Phi) is 6.54. The summed E-state index contributed by atoms with van der Waals surface area (Å²) >= 11 is 0. The van der Waals surface area contributed by atoms with Gasteiger partial charge in [-0.2, -0.15) is 0 Å². The summed E-state index contributed by atoms with van der Waals surface area (Å²) in [5, 5.41) is 3.47. The first kappa shape index (κ1) is 17.9. The van der Waals surface area contributed by atoms with E-state index in [2.05, 4.69) is 42.6 Å². The summed E-state index contributed by atoms with van der Waals surface area (Å²) in [6.07, 6.45) is 1.00. The van der Waals surface area contributed by atoms with Crippen LogP contribution < -0.4 is 14.8 Å². The number of hydrogen-bond donors (Lipinski definition) is 1. The summed E-state index contributed by atoms with van der Waals surface area (Å²) in [7, 11) is 0. The Bertz CT molecular complexity index is 802. The summed E-state index contributed by atoms with van der Waals surface area (Å²) in [4.78, 5) is 0. The molecule has 26 heavy (non-hydrogen) atoms. The maximum absolute atomic E-state index is 5.79. The maximum atomic E-state index is 5.79. The number of para-hydroxylation sites is 1. The number of ether oxygens (including phenoxy) is 2. The molecule has 0 heterocycles. The van der Waals surface area contributed by atoms with Crippen molar-refractivity contribution in [3.8, 4) is 11.5 Å². The molecular formula is C23H25NO2. The van der Waals surface area contributed by atoms with Gasteiger partial charge >= 0.3 is 0 Å². The molecule has 0 aromatic heterocycles. The molecule has 0 aliphatic rings. The highest BCUT2D eigenvalue weighted by molar-refractivity contribution is 5.48. The first-order chi connectivity index (χ1) is 12.8. The largest absolute Gasteiger partial charge is 0.490 e. The van der Waals surface area contributed by atoms with Gasteiger partial charge in [0, 0.05) is 18.3 Å². The summed E-state index contributed by atoms with van der Waals surface area (Å²) in [6.45, 7) is 4.09. The third kappa shape index (κ3) is 5.55. The van der Waals surface area contributed by atoms with Crippen molar-refractivity contribution in [1.82, 2.24) is 0 Å². The topological polar surface area (TPSA) is 30.5 Å². The molecule has 3 rings (SSSR count). The van der Waals surface area contributed by atoms with E-state index in [1.807, 2.05) is 48.5 Å². The molecule has 3 aromatic rings. The van der Waals surface area contributed by atoms with Gasteiger partial charge in [-0.3, -0.25) is 0 Å². The second-order valence-corrected chi connectivity index (χ2v) is 6.14. The maximum Gasteiger partial charge on any atom is 0.122 e. The fraction of sp³-hybridized carbons (Fsp3) is 0.217. The van der Waals surface area contributed by atoms with E-state index in [-0.39, 0.29) is 0 Å². The van der Waals surface area contributed by atoms with E-state index in [1.54, 1.807) is 0 Å². The Morgan fingerprint density at radius 2 is 1.42 bits per heavy atom. The molecule has 0 fully saturated rings. The van der Waals surface area contributed by atoms with Gasteiger partial charge in [-0.05, 0) is 48.7 Å². The molecule has 0 unspecified atom stereocenters. The van der Waals surface area contributed by atoms with Gasteiger partial charge in [-0.1, -0.05) is 48.5 Å². The molecule has 0 amide bonds. The highest BCUT2D eigenvalue weighted by atomic mass is 16.5. The van der Waals surface area contributed by atoms with Crippen LogP contribution in [0.2, 0.25) is 0 Å². The van der Waals surface area contributed by atoms with Gasteiger partial charge < -0.3 is 14.8 Å². The Morgan fingerprint density at radius 3 is 2.23 bits per heavy atom. The molecular weight excluding hydrogens is 322 g/mol. The Morgan fingerprint density at radius 1 is 0.731 bits per heavy atom. The van der Waals surface area contributed by atoms with Crippen LogP contribution in [0.1, 0.15) is 11.1 Å². The van der Waals surface area contributed by atoms with Crippen LogP contribution in [0.4, 0.5) is 5.69 Å². The summed E-state index contributed by atoms with van der Waals surface area (Å²) in [6, 6.07) is 26.3. The molecule has 1 N–H and O–H groups in total. The van der Waals surface area contributed by atoms with Gasteiger partial charge in [0.15, 0.2) is 0 Å². The molecule has 134 valence electrons. The van der Waals surface area contributed by atoms with Crippen LogP contribution in [0.15, 0.2) is 78.9 Å². The molecule has 0 saturated heterocycles. The Labute approximate surface area is 155 Å². The molecule has 3 nitrogen and oxygen atoms in total. The predicted molar refractivity (Wildman–Crippen MR) is 107 cm³/mol. The van der Waals surface area contributed by atoms with E-state index in [1.165, 1.54) is 11.1 Å². The summed E-state index contributed by atoms with van der Waals surface area (Å²) in [5.74, 6) is 1.71. The second-order valence-electron chi connectivity index (χ2n) is 6.14. The molecule has 3 aromatic carbocycles. The number of rotatable bonds is 9. The average molecular weight is 347 g/mol. The van der Waals surface area contributed by atoms with E-state index >= 15 is 0 Å². The van der Waals surface area contributed by atoms with Crippen LogP contribution in [0.5, 0.6) is 11.5 Å². The van der Waals surface area contributed by atoms with E-state index in [0.29, 0.717) is 13.2 Å². The number of anilines is 1. The van der Waals surface area contributed by atoms with Crippen LogP contribution in [0, 0.1) is 6.92 Å². The number of nitrogens with one attached hydrogen (secondary N) is 1. The smallest absolute Gasteiger partial charge is 0.122 e. The fourth-order valence-corrected chi connectivity index (χ4v) is 2.76. The minimum Gasteiger partial charge on any atom is -0.490 e. The minimum absolute atomic E-state index is 0.515. The zero-order valence-electron chi connectivity index (χ0n) is 15.2.